The molecule has 138 valence electrons. The number of benzene rings is 1. The molecular weight excluding hydrogens is 406 g/mol. The van der Waals surface area contributed by atoms with Crippen LogP contribution in [0.5, 0.6) is 0 Å². The molecule has 5 nitrogen and oxygen atoms in total. The maximum Gasteiger partial charge on any atom is 0.227 e. The van der Waals surface area contributed by atoms with Crippen molar-refractivity contribution in [2.24, 2.45) is 11.3 Å². The number of fused-ring (bicyclic) bond motifs is 1. The second-order valence-electron chi connectivity index (χ2n) is 6.79. The Kier molecular flexibility index (Phi) is 7.28. The van der Waals surface area contributed by atoms with E-state index < -0.39 is 0 Å². The summed E-state index contributed by atoms with van der Waals surface area (Å²) in [6.45, 7) is 2.10. The smallest absolute Gasteiger partial charge is 0.227 e. The maximum absolute atomic E-state index is 12.7. The third kappa shape index (κ3) is 4.74. The first kappa shape index (κ1) is 20.2. The molecule has 1 saturated heterocycles. The first-order chi connectivity index (χ1) is 11.6. The van der Waals surface area contributed by atoms with Crippen molar-refractivity contribution in [1.29, 1.82) is 0 Å². The molecular formula is C18H25BrClN3O2. The van der Waals surface area contributed by atoms with Crippen LogP contribution in [-0.4, -0.2) is 31.4 Å². The number of carbonyl (C=O) groups is 2. The fourth-order valence-corrected chi connectivity index (χ4v) is 4.18. The molecule has 0 bridgehead atoms. The molecule has 1 aliphatic heterocycles. The average molecular weight is 431 g/mol. The van der Waals surface area contributed by atoms with Crippen LogP contribution in [0.4, 0.5) is 5.69 Å². The summed E-state index contributed by atoms with van der Waals surface area (Å²) < 4.78 is 0.972. The Morgan fingerprint density at radius 2 is 2.00 bits per heavy atom. The number of rotatable bonds is 5. The van der Waals surface area contributed by atoms with E-state index in [-0.39, 0.29) is 36.1 Å². The highest BCUT2D eigenvalue weighted by Crippen LogP contribution is 2.43. The van der Waals surface area contributed by atoms with Crippen LogP contribution in [0, 0.1) is 11.3 Å². The molecule has 3 N–H and O–H groups in total. The van der Waals surface area contributed by atoms with Gasteiger partial charge in [-0.2, -0.15) is 0 Å². The van der Waals surface area contributed by atoms with Gasteiger partial charge < -0.3 is 16.0 Å². The summed E-state index contributed by atoms with van der Waals surface area (Å²) >= 11 is 3.36. The molecule has 1 heterocycles. The van der Waals surface area contributed by atoms with Crippen molar-refractivity contribution in [3.8, 4) is 0 Å². The van der Waals surface area contributed by atoms with Gasteiger partial charge in [0.25, 0.3) is 0 Å². The Labute approximate surface area is 163 Å². The summed E-state index contributed by atoms with van der Waals surface area (Å²) in [6, 6.07) is 7.45. The zero-order valence-electron chi connectivity index (χ0n) is 14.1. The molecule has 1 aromatic carbocycles. The van der Waals surface area contributed by atoms with E-state index in [1.54, 1.807) is 0 Å². The fraction of sp³-hybridized carbons (Fsp3) is 0.556. The van der Waals surface area contributed by atoms with Crippen molar-refractivity contribution in [3.63, 3.8) is 0 Å². The highest BCUT2D eigenvalue weighted by atomic mass is 79.9. The summed E-state index contributed by atoms with van der Waals surface area (Å²) in [5, 5.41) is 9.22. The van der Waals surface area contributed by atoms with Gasteiger partial charge >= 0.3 is 0 Å². The van der Waals surface area contributed by atoms with E-state index in [0.29, 0.717) is 12.5 Å². The van der Waals surface area contributed by atoms with E-state index in [9.17, 15) is 9.59 Å². The van der Waals surface area contributed by atoms with Gasteiger partial charge in [0, 0.05) is 29.7 Å². The highest BCUT2D eigenvalue weighted by Gasteiger charge is 2.49. The molecule has 2 amide bonds. The van der Waals surface area contributed by atoms with Crippen LogP contribution >= 0.6 is 28.3 Å². The maximum atomic E-state index is 12.7. The molecule has 2 atom stereocenters. The average Bonchev–Trinajstić information content (AvgIpc) is 3.02. The minimum absolute atomic E-state index is 0. The van der Waals surface area contributed by atoms with E-state index in [1.807, 2.05) is 24.3 Å². The van der Waals surface area contributed by atoms with Crippen molar-refractivity contribution < 1.29 is 9.59 Å². The minimum Gasteiger partial charge on any atom is -0.355 e. The summed E-state index contributed by atoms with van der Waals surface area (Å²) in [5.74, 6) is 0.483. The van der Waals surface area contributed by atoms with Crippen LogP contribution in [0.1, 0.15) is 32.1 Å². The topological polar surface area (TPSA) is 70.2 Å². The third-order valence-electron chi connectivity index (χ3n) is 5.26. The number of hydrogen-bond donors (Lipinski definition) is 3. The molecule has 0 spiro atoms. The van der Waals surface area contributed by atoms with E-state index in [4.69, 9.17) is 0 Å². The van der Waals surface area contributed by atoms with Crippen LogP contribution in [-0.2, 0) is 9.59 Å². The number of anilines is 1. The molecule has 2 aliphatic rings. The number of carbonyl (C=O) groups excluding carboxylic acids is 2. The number of amides is 2. The van der Waals surface area contributed by atoms with Gasteiger partial charge in [0.15, 0.2) is 0 Å². The minimum atomic E-state index is -0.250. The largest absolute Gasteiger partial charge is 0.355 e. The molecule has 3 rings (SSSR count). The van der Waals surface area contributed by atoms with Crippen LogP contribution in [0.15, 0.2) is 28.7 Å². The summed E-state index contributed by atoms with van der Waals surface area (Å²) in [5.41, 5.74) is 0.515. The Bertz CT molecular complexity index is 611. The Balaban J connectivity index is 0.00000225. The van der Waals surface area contributed by atoms with E-state index in [0.717, 1.165) is 42.5 Å². The third-order valence-corrected chi connectivity index (χ3v) is 5.78. The SMILES string of the molecule is Cl.O=C(CCNC(=O)[C@@]12CCCC[C@H]1CNC2)Nc1ccc(Br)cc1. The molecule has 0 unspecified atom stereocenters. The number of hydrogen-bond acceptors (Lipinski definition) is 3. The van der Waals surface area contributed by atoms with Crippen molar-refractivity contribution in [1.82, 2.24) is 10.6 Å². The zero-order valence-corrected chi connectivity index (χ0v) is 16.5. The van der Waals surface area contributed by atoms with Gasteiger partial charge in [-0.05, 0) is 49.6 Å². The monoisotopic (exact) mass is 429 g/mol. The molecule has 7 heteroatoms. The molecule has 1 aromatic rings. The molecule has 0 radical (unpaired) electrons. The van der Waals surface area contributed by atoms with Gasteiger partial charge in [-0.1, -0.05) is 28.8 Å². The van der Waals surface area contributed by atoms with Gasteiger partial charge in [0.1, 0.15) is 0 Å². The summed E-state index contributed by atoms with van der Waals surface area (Å²) in [4.78, 5) is 24.7. The van der Waals surface area contributed by atoms with Gasteiger partial charge in [0.05, 0.1) is 5.41 Å². The molecule has 0 aromatic heterocycles. The second kappa shape index (κ2) is 9.01. The predicted octanol–water partition coefficient (Wildman–Crippen LogP) is 3.10. The predicted molar refractivity (Wildman–Crippen MR) is 105 cm³/mol. The number of nitrogens with one attached hydrogen (secondary N) is 3. The Hall–Kier alpha value is -1.11. The fourth-order valence-electron chi connectivity index (χ4n) is 3.91. The standard InChI is InChI=1S/C18H24BrN3O2.ClH/c19-14-4-6-15(7-5-14)22-16(23)8-10-21-17(24)18-9-2-1-3-13(18)11-20-12-18;/h4-7,13,20H,1-3,8-12H2,(H,21,24)(H,22,23);1H/t13-,18+;/m0./s1. The van der Waals surface area contributed by atoms with Crippen LogP contribution in [0.25, 0.3) is 0 Å². The van der Waals surface area contributed by atoms with Gasteiger partial charge in [-0.3, -0.25) is 9.59 Å². The summed E-state index contributed by atoms with van der Waals surface area (Å²) in [6.07, 6.45) is 4.72. The lowest BCUT2D eigenvalue weighted by atomic mass is 9.67. The molecule has 25 heavy (non-hydrogen) atoms. The van der Waals surface area contributed by atoms with E-state index in [2.05, 4.69) is 31.9 Å². The van der Waals surface area contributed by atoms with Gasteiger partial charge in [-0.25, -0.2) is 0 Å². The van der Waals surface area contributed by atoms with Crippen molar-refractivity contribution in [2.75, 3.05) is 25.0 Å². The first-order valence-corrected chi connectivity index (χ1v) is 9.44. The number of halogens is 2. The van der Waals surface area contributed by atoms with Crippen LogP contribution in [0.3, 0.4) is 0 Å². The normalized spacial score (nSPS) is 24.8. The molecule has 2 fully saturated rings. The van der Waals surface area contributed by atoms with Crippen molar-refractivity contribution in [2.45, 2.75) is 32.1 Å². The lowest BCUT2D eigenvalue weighted by molar-refractivity contribution is -0.134. The molecule has 1 aliphatic carbocycles. The second-order valence-corrected chi connectivity index (χ2v) is 7.71. The van der Waals surface area contributed by atoms with E-state index >= 15 is 0 Å². The van der Waals surface area contributed by atoms with Crippen molar-refractivity contribution >= 4 is 45.8 Å². The van der Waals surface area contributed by atoms with Gasteiger partial charge in [-0.15, -0.1) is 12.4 Å². The highest BCUT2D eigenvalue weighted by molar-refractivity contribution is 9.10. The first-order valence-electron chi connectivity index (χ1n) is 8.65. The lowest BCUT2D eigenvalue weighted by Gasteiger charge is -2.37. The Morgan fingerprint density at radius 3 is 2.76 bits per heavy atom. The quantitative estimate of drug-likeness (QED) is 0.672. The lowest BCUT2D eigenvalue weighted by Crippen LogP contribution is -2.48. The summed E-state index contributed by atoms with van der Waals surface area (Å²) in [7, 11) is 0. The van der Waals surface area contributed by atoms with Crippen LogP contribution in [0.2, 0.25) is 0 Å². The van der Waals surface area contributed by atoms with Gasteiger partial charge in [0.2, 0.25) is 11.8 Å². The molecule has 1 saturated carbocycles. The van der Waals surface area contributed by atoms with Crippen LogP contribution < -0.4 is 16.0 Å². The van der Waals surface area contributed by atoms with Crippen molar-refractivity contribution in [3.05, 3.63) is 28.7 Å². The van der Waals surface area contributed by atoms with E-state index in [1.165, 1.54) is 6.42 Å². The Morgan fingerprint density at radius 1 is 1.24 bits per heavy atom. The zero-order chi connectivity index (χ0) is 17.0.